The molecule has 0 fully saturated rings. The van der Waals surface area contributed by atoms with Crippen molar-refractivity contribution in [1.29, 1.82) is 0 Å². The number of nitrogens with zero attached hydrogens (tertiary/aromatic N) is 2. The normalized spacial score (nSPS) is 12.5. The Kier molecular flexibility index (Phi) is 5.10. The molecule has 0 bridgehead atoms. The second-order valence-corrected chi connectivity index (χ2v) is 4.79. The van der Waals surface area contributed by atoms with Crippen molar-refractivity contribution >= 4 is 0 Å². The second-order valence-electron chi connectivity index (χ2n) is 4.79. The number of rotatable bonds is 7. The SMILES string of the molecule is CCCC(CC)NCc1cn[nH]c1-c1cccnc1. The van der Waals surface area contributed by atoms with E-state index in [0.29, 0.717) is 6.04 Å². The van der Waals surface area contributed by atoms with Crippen molar-refractivity contribution in [3.05, 3.63) is 36.3 Å². The summed E-state index contributed by atoms with van der Waals surface area (Å²) in [4.78, 5) is 4.15. The van der Waals surface area contributed by atoms with Gasteiger partial charge in [0.1, 0.15) is 0 Å². The van der Waals surface area contributed by atoms with Gasteiger partial charge in [-0.2, -0.15) is 5.10 Å². The molecule has 0 aromatic carbocycles. The van der Waals surface area contributed by atoms with Gasteiger partial charge in [0, 0.05) is 36.1 Å². The first-order valence-corrected chi connectivity index (χ1v) is 7.01. The highest BCUT2D eigenvalue weighted by atomic mass is 15.1. The van der Waals surface area contributed by atoms with Crippen LogP contribution in [0.5, 0.6) is 0 Å². The van der Waals surface area contributed by atoms with Crippen LogP contribution in [-0.4, -0.2) is 21.2 Å². The molecule has 2 rings (SSSR count). The summed E-state index contributed by atoms with van der Waals surface area (Å²) in [5, 5.41) is 10.8. The molecule has 4 nitrogen and oxygen atoms in total. The van der Waals surface area contributed by atoms with Gasteiger partial charge in [0.25, 0.3) is 0 Å². The second kappa shape index (κ2) is 7.04. The molecule has 0 saturated carbocycles. The molecule has 4 heteroatoms. The molecule has 0 aliphatic carbocycles. The molecule has 19 heavy (non-hydrogen) atoms. The van der Waals surface area contributed by atoms with E-state index >= 15 is 0 Å². The summed E-state index contributed by atoms with van der Waals surface area (Å²) in [5.74, 6) is 0. The molecule has 0 amide bonds. The fraction of sp³-hybridized carbons (Fsp3) is 0.467. The predicted molar refractivity (Wildman–Crippen MR) is 77.6 cm³/mol. The summed E-state index contributed by atoms with van der Waals surface area (Å²) in [5.41, 5.74) is 3.34. The van der Waals surface area contributed by atoms with E-state index in [1.165, 1.54) is 18.4 Å². The van der Waals surface area contributed by atoms with Gasteiger partial charge in [-0.25, -0.2) is 0 Å². The van der Waals surface area contributed by atoms with E-state index in [2.05, 4.69) is 34.3 Å². The monoisotopic (exact) mass is 258 g/mol. The number of hydrogen-bond acceptors (Lipinski definition) is 3. The van der Waals surface area contributed by atoms with E-state index in [1.54, 1.807) is 6.20 Å². The third-order valence-electron chi connectivity index (χ3n) is 3.38. The molecule has 2 heterocycles. The zero-order chi connectivity index (χ0) is 13.5. The summed E-state index contributed by atoms with van der Waals surface area (Å²) < 4.78 is 0. The molecule has 2 N–H and O–H groups in total. The summed E-state index contributed by atoms with van der Waals surface area (Å²) in [7, 11) is 0. The Morgan fingerprint density at radius 3 is 2.89 bits per heavy atom. The van der Waals surface area contributed by atoms with Gasteiger partial charge in [0.15, 0.2) is 0 Å². The zero-order valence-corrected chi connectivity index (χ0v) is 11.7. The fourth-order valence-corrected chi connectivity index (χ4v) is 2.26. The Morgan fingerprint density at radius 1 is 1.32 bits per heavy atom. The van der Waals surface area contributed by atoms with E-state index in [9.17, 15) is 0 Å². The lowest BCUT2D eigenvalue weighted by Crippen LogP contribution is -2.27. The third-order valence-corrected chi connectivity index (χ3v) is 3.38. The number of H-pyrrole nitrogens is 1. The van der Waals surface area contributed by atoms with Gasteiger partial charge < -0.3 is 5.32 Å². The van der Waals surface area contributed by atoms with Gasteiger partial charge in [0.2, 0.25) is 0 Å². The standard InChI is InChI=1S/C15H22N4/c1-3-6-14(4-2)17-10-13-11-18-19-15(13)12-7-5-8-16-9-12/h5,7-9,11,14,17H,3-4,6,10H2,1-2H3,(H,18,19). The molecule has 0 saturated heterocycles. The van der Waals surface area contributed by atoms with Crippen LogP contribution < -0.4 is 5.32 Å². The van der Waals surface area contributed by atoms with Gasteiger partial charge in [-0.1, -0.05) is 20.3 Å². The molecule has 2 aromatic rings. The van der Waals surface area contributed by atoms with Crippen LogP contribution in [0.25, 0.3) is 11.3 Å². The van der Waals surface area contributed by atoms with Crippen LogP contribution in [0, 0.1) is 0 Å². The molecule has 0 radical (unpaired) electrons. The van der Waals surface area contributed by atoms with E-state index < -0.39 is 0 Å². The lowest BCUT2D eigenvalue weighted by molar-refractivity contribution is 0.463. The van der Waals surface area contributed by atoms with Crippen molar-refractivity contribution in [3.63, 3.8) is 0 Å². The number of nitrogens with one attached hydrogen (secondary N) is 2. The van der Waals surface area contributed by atoms with Crippen molar-refractivity contribution in [2.45, 2.75) is 45.7 Å². The van der Waals surface area contributed by atoms with Crippen LogP contribution in [0.4, 0.5) is 0 Å². The minimum absolute atomic E-state index is 0.585. The van der Waals surface area contributed by atoms with E-state index in [1.807, 2.05) is 24.5 Å². The number of hydrogen-bond donors (Lipinski definition) is 2. The van der Waals surface area contributed by atoms with Gasteiger partial charge in [-0.15, -0.1) is 0 Å². The summed E-state index contributed by atoms with van der Waals surface area (Å²) >= 11 is 0. The van der Waals surface area contributed by atoms with Crippen molar-refractivity contribution in [2.75, 3.05) is 0 Å². The Hall–Kier alpha value is -1.68. The van der Waals surface area contributed by atoms with Crippen LogP contribution in [0.3, 0.4) is 0 Å². The number of pyridine rings is 1. The summed E-state index contributed by atoms with van der Waals surface area (Å²) in [6.07, 6.45) is 9.14. The molecule has 1 atom stereocenters. The maximum absolute atomic E-state index is 4.16. The lowest BCUT2D eigenvalue weighted by atomic mass is 10.1. The topological polar surface area (TPSA) is 53.6 Å². The average Bonchev–Trinajstić information content (AvgIpc) is 2.93. The van der Waals surface area contributed by atoms with Crippen LogP contribution in [0.1, 0.15) is 38.7 Å². The minimum Gasteiger partial charge on any atom is -0.310 e. The summed E-state index contributed by atoms with van der Waals surface area (Å²) in [6, 6.07) is 4.58. The first-order valence-electron chi connectivity index (χ1n) is 7.01. The zero-order valence-electron chi connectivity index (χ0n) is 11.7. The third kappa shape index (κ3) is 3.64. The smallest absolute Gasteiger partial charge is 0.0710 e. The lowest BCUT2D eigenvalue weighted by Gasteiger charge is -2.15. The van der Waals surface area contributed by atoms with E-state index in [0.717, 1.165) is 24.2 Å². The van der Waals surface area contributed by atoms with Crippen LogP contribution >= 0.6 is 0 Å². The van der Waals surface area contributed by atoms with Crippen molar-refractivity contribution in [1.82, 2.24) is 20.5 Å². The van der Waals surface area contributed by atoms with Gasteiger partial charge >= 0.3 is 0 Å². The molecule has 0 aliphatic rings. The Labute approximate surface area is 114 Å². The largest absolute Gasteiger partial charge is 0.310 e. The highest BCUT2D eigenvalue weighted by Crippen LogP contribution is 2.19. The Bertz CT molecular complexity index is 478. The maximum Gasteiger partial charge on any atom is 0.0710 e. The van der Waals surface area contributed by atoms with Crippen LogP contribution in [-0.2, 0) is 6.54 Å². The van der Waals surface area contributed by atoms with E-state index in [-0.39, 0.29) is 0 Å². The number of aromatic amines is 1. The van der Waals surface area contributed by atoms with E-state index in [4.69, 9.17) is 0 Å². The first kappa shape index (κ1) is 13.7. The first-order chi connectivity index (χ1) is 9.35. The van der Waals surface area contributed by atoms with Crippen LogP contribution in [0.2, 0.25) is 0 Å². The quantitative estimate of drug-likeness (QED) is 0.802. The molecule has 102 valence electrons. The predicted octanol–water partition coefficient (Wildman–Crippen LogP) is 3.14. The molecular weight excluding hydrogens is 236 g/mol. The Balaban J connectivity index is 2.04. The Morgan fingerprint density at radius 2 is 2.21 bits per heavy atom. The van der Waals surface area contributed by atoms with Crippen LogP contribution in [0.15, 0.2) is 30.7 Å². The molecule has 0 aliphatic heterocycles. The summed E-state index contributed by atoms with van der Waals surface area (Å²) in [6.45, 7) is 5.30. The molecule has 0 spiro atoms. The maximum atomic E-state index is 4.16. The number of aromatic nitrogens is 3. The molecule has 2 aromatic heterocycles. The highest BCUT2D eigenvalue weighted by Gasteiger charge is 2.10. The van der Waals surface area contributed by atoms with Gasteiger partial charge in [-0.3, -0.25) is 10.1 Å². The van der Waals surface area contributed by atoms with Gasteiger partial charge in [-0.05, 0) is 25.0 Å². The van der Waals surface area contributed by atoms with Gasteiger partial charge in [0.05, 0.1) is 11.9 Å². The van der Waals surface area contributed by atoms with Crippen molar-refractivity contribution < 1.29 is 0 Å². The van der Waals surface area contributed by atoms with Crippen molar-refractivity contribution in [2.24, 2.45) is 0 Å². The minimum atomic E-state index is 0.585. The highest BCUT2D eigenvalue weighted by molar-refractivity contribution is 5.61. The fourth-order valence-electron chi connectivity index (χ4n) is 2.26. The average molecular weight is 258 g/mol. The van der Waals surface area contributed by atoms with Crippen molar-refractivity contribution in [3.8, 4) is 11.3 Å². The molecule has 1 unspecified atom stereocenters. The molecular formula is C15H22N4.